The van der Waals surface area contributed by atoms with Gasteiger partial charge >= 0.3 is 5.69 Å². The molecule has 0 radical (unpaired) electrons. The van der Waals surface area contributed by atoms with Crippen LogP contribution in [0.4, 0.5) is 0 Å². The third-order valence-corrected chi connectivity index (χ3v) is 5.19. The maximum Gasteiger partial charge on any atom is 0.329 e. The molecule has 0 aliphatic carbocycles. The Labute approximate surface area is 145 Å². The predicted molar refractivity (Wildman–Crippen MR) is 93.3 cm³/mol. The second kappa shape index (κ2) is 5.52. The molecule has 3 heterocycles. The molecule has 4 rings (SSSR count). The molecule has 0 bridgehead atoms. The number of thiophene rings is 1. The molecular weight excluding hydrogens is 342 g/mol. The third-order valence-electron chi connectivity index (χ3n) is 4.22. The Morgan fingerprint density at radius 3 is 2.28 bits per heavy atom. The van der Waals surface area contributed by atoms with Gasteiger partial charge in [-0.15, -0.1) is 11.3 Å². The summed E-state index contributed by atoms with van der Waals surface area (Å²) in [7, 11) is 0. The summed E-state index contributed by atoms with van der Waals surface area (Å²) in [4.78, 5) is 54.6. The quantitative estimate of drug-likeness (QED) is 0.718. The highest BCUT2D eigenvalue weighted by Gasteiger charge is 2.34. The lowest BCUT2D eigenvalue weighted by Gasteiger charge is -2.14. The maximum absolute atomic E-state index is 12.5. The number of rotatable bonds is 3. The fourth-order valence-corrected chi connectivity index (χ4v) is 3.91. The van der Waals surface area contributed by atoms with Crippen LogP contribution in [0.2, 0.25) is 0 Å². The van der Waals surface area contributed by atoms with Crippen LogP contribution in [-0.4, -0.2) is 32.8 Å². The highest BCUT2D eigenvalue weighted by atomic mass is 32.1. The lowest BCUT2D eigenvalue weighted by Crippen LogP contribution is -2.40. The third kappa shape index (κ3) is 2.33. The summed E-state index contributed by atoms with van der Waals surface area (Å²) < 4.78 is 1.03. The zero-order chi connectivity index (χ0) is 17.7. The maximum atomic E-state index is 12.5. The zero-order valence-corrected chi connectivity index (χ0v) is 14.1. The van der Waals surface area contributed by atoms with Crippen molar-refractivity contribution < 1.29 is 9.59 Å². The van der Waals surface area contributed by atoms with E-state index < -0.39 is 23.1 Å². The molecule has 8 heteroatoms. The number of benzene rings is 1. The first-order valence-electron chi connectivity index (χ1n) is 7.66. The average Bonchev–Trinajstić information content (AvgIpc) is 3.07. The molecular formula is C17H13N3O4S. The Morgan fingerprint density at radius 1 is 1.00 bits per heavy atom. The lowest BCUT2D eigenvalue weighted by molar-refractivity contribution is 0.0648. The monoisotopic (exact) mass is 355 g/mol. The predicted octanol–water partition coefficient (Wildman–Crippen LogP) is 1.36. The SMILES string of the molecule is Cc1cc2c(=O)n(CCN3C(=O)c4ccccc4C3=O)c(=O)[nH]c2s1. The van der Waals surface area contributed by atoms with Gasteiger partial charge in [0.25, 0.3) is 17.4 Å². The summed E-state index contributed by atoms with van der Waals surface area (Å²) in [5.74, 6) is -0.810. The number of imide groups is 1. The smallest absolute Gasteiger partial charge is 0.298 e. The summed E-state index contributed by atoms with van der Waals surface area (Å²) in [6.07, 6.45) is 0. The van der Waals surface area contributed by atoms with Crippen molar-refractivity contribution in [1.29, 1.82) is 0 Å². The molecule has 0 spiro atoms. The van der Waals surface area contributed by atoms with E-state index in [1.807, 2.05) is 6.92 Å². The van der Waals surface area contributed by atoms with Crippen LogP contribution in [-0.2, 0) is 6.54 Å². The van der Waals surface area contributed by atoms with Gasteiger partial charge in [-0.2, -0.15) is 0 Å². The largest absolute Gasteiger partial charge is 0.329 e. The van der Waals surface area contributed by atoms with Crippen molar-refractivity contribution in [2.75, 3.05) is 6.54 Å². The average molecular weight is 355 g/mol. The van der Waals surface area contributed by atoms with Crippen LogP contribution in [0.25, 0.3) is 10.2 Å². The van der Waals surface area contributed by atoms with E-state index in [4.69, 9.17) is 0 Å². The highest BCUT2D eigenvalue weighted by Crippen LogP contribution is 2.22. The molecule has 0 unspecified atom stereocenters. The van der Waals surface area contributed by atoms with Gasteiger partial charge in [-0.3, -0.25) is 28.8 Å². The minimum absolute atomic E-state index is 0.0377. The summed E-state index contributed by atoms with van der Waals surface area (Å²) in [6.45, 7) is 1.76. The number of carbonyl (C=O) groups excluding carboxylic acids is 2. The first-order valence-corrected chi connectivity index (χ1v) is 8.47. The zero-order valence-electron chi connectivity index (χ0n) is 13.2. The van der Waals surface area contributed by atoms with Crippen molar-refractivity contribution in [2.45, 2.75) is 13.5 Å². The second-order valence-corrected chi connectivity index (χ2v) is 7.05. The number of aromatic amines is 1. The van der Waals surface area contributed by atoms with Gasteiger partial charge in [0.15, 0.2) is 0 Å². The molecule has 0 saturated carbocycles. The van der Waals surface area contributed by atoms with E-state index in [1.165, 1.54) is 11.3 Å². The van der Waals surface area contributed by atoms with Crippen molar-refractivity contribution in [1.82, 2.24) is 14.5 Å². The van der Waals surface area contributed by atoms with Gasteiger partial charge in [-0.1, -0.05) is 12.1 Å². The number of carbonyl (C=O) groups is 2. The van der Waals surface area contributed by atoms with Gasteiger partial charge in [-0.25, -0.2) is 4.79 Å². The van der Waals surface area contributed by atoms with E-state index in [1.54, 1.807) is 30.3 Å². The molecule has 25 heavy (non-hydrogen) atoms. The molecule has 1 aromatic carbocycles. The molecule has 2 aromatic heterocycles. The molecule has 2 amide bonds. The van der Waals surface area contributed by atoms with E-state index in [0.717, 1.165) is 14.3 Å². The molecule has 126 valence electrons. The standard InChI is InChI=1S/C17H13N3O4S/c1-9-8-12-13(25-9)18-17(24)20(16(12)23)7-6-19-14(21)10-4-2-3-5-11(10)15(19)22/h2-5,8H,6-7H2,1H3,(H,18,24). The molecule has 0 atom stereocenters. The number of H-pyrrole nitrogens is 1. The van der Waals surface area contributed by atoms with E-state index in [-0.39, 0.29) is 13.1 Å². The number of nitrogens with zero attached hydrogens (tertiary/aromatic N) is 2. The molecule has 3 aromatic rings. The van der Waals surface area contributed by atoms with Crippen molar-refractivity contribution in [3.8, 4) is 0 Å². The van der Waals surface area contributed by atoms with Crippen LogP contribution in [0, 0.1) is 6.92 Å². The Balaban J connectivity index is 1.66. The first-order chi connectivity index (χ1) is 12.0. The van der Waals surface area contributed by atoms with Gasteiger partial charge in [0.2, 0.25) is 0 Å². The van der Waals surface area contributed by atoms with Crippen LogP contribution < -0.4 is 11.2 Å². The number of aryl methyl sites for hydroxylation is 1. The molecule has 0 saturated heterocycles. The summed E-state index contributed by atoms with van der Waals surface area (Å²) in [6, 6.07) is 8.28. The molecule has 1 aliphatic rings. The van der Waals surface area contributed by atoms with Gasteiger partial charge in [0.05, 0.1) is 16.5 Å². The minimum Gasteiger partial charge on any atom is -0.298 e. The normalized spacial score (nSPS) is 13.7. The van der Waals surface area contributed by atoms with Crippen LogP contribution in [0.5, 0.6) is 0 Å². The van der Waals surface area contributed by atoms with Gasteiger partial charge in [0, 0.05) is 18.0 Å². The van der Waals surface area contributed by atoms with Crippen LogP contribution in [0.15, 0.2) is 39.9 Å². The molecule has 1 aliphatic heterocycles. The van der Waals surface area contributed by atoms with Gasteiger partial charge in [0.1, 0.15) is 4.83 Å². The van der Waals surface area contributed by atoms with E-state index >= 15 is 0 Å². The molecule has 7 nitrogen and oxygen atoms in total. The van der Waals surface area contributed by atoms with Crippen LogP contribution >= 0.6 is 11.3 Å². The summed E-state index contributed by atoms with van der Waals surface area (Å²) in [5.41, 5.74) is -0.272. The Bertz CT molecular complexity index is 1120. The van der Waals surface area contributed by atoms with Crippen LogP contribution in [0.1, 0.15) is 25.6 Å². The van der Waals surface area contributed by atoms with E-state index in [0.29, 0.717) is 21.3 Å². The van der Waals surface area contributed by atoms with Crippen molar-refractivity contribution in [3.63, 3.8) is 0 Å². The highest BCUT2D eigenvalue weighted by molar-refractivity contribution is 7.18. The molecule has 1 N–H and O–H groups in total. The van der Waals surface area contributed by atoms with E-state index in [9.17, 15) is 19.2 Å². The first kappa shape index (κ1) is 15.5. The van der Waals surface area contributed by atoms with Crippen molar-refractivity contribution >= 4 is 33.4 Å². The van der Waals surface area contributed by atoms with E-state index in [2.05, 4.69) is 4.98 Å². The number of hydrogen-bond donors (Lipinski definition) is 1. The van der Waals surface area contributed by atoms with Crippen LogP contribution in [0.3, 0.4) is 0 Å². The Kier molecular flexibility index (Phi) is 3.43. The summed E-state index contributed by atoms with van der Waals surface area (Å²) >= 11 is 1.34. The van der Waals surface area contributed by atoms with Crippen molar-refractivity contribution in [3.05, 3.63) is 67.2 Å². The Hall–Kier alpha value is -3.00. The molecule has 0 fully saturated rings. The lowest BCUT2D eigenvalue weighted by atomic mass is 10.1. The fourth-order valence-electron chi connectivity index (χ4n) is 3.01. The number of amides is 2. The van der Waals surface area contributed by atoms with Gasteiger partial charge in [-0.05, 0) is 25.1 Å². The number of hydrogen-bond acceptors (Lipinski definition) is 5. The summed E-state index contributed by atoms with van der Waals surface area (Å²) in [5, 5.41) is 0.435. The van der Waals surface area contributed by atoms with Gasteiger partial charge < -0.3 is 0 Å². The minimum atomic E-state index is -0.545. The fraction of sp³-hybridized carbons (Fsp3) is 0.176. The number of fused-ring (bicyclic) bond motifs is 2. The topological polar surface area (TPSA) is 92.2 Å². The van der Waals surface area contributed by atoms with Crippen molar-refractivity contribution in [2.24, 2.45) is 0 Å². The second-order valence-electron chi connectivity index (χ2n) is 5.79. The Morgan fingerprint density at radius 2 is 1.64 bits per heavy atom. The number of aromatic nitrogens is 2. The number of nitrogens with one attached hydrogen (secondary N) is 1.